The number of nitro groups is 1. The van der Waals surface area contributed by atoms with Crippen LogP contribution in [0.15, 0.2) is 66.7 Å². The Bertz CT molecular complexity index is 1200. The smallest absolute Gasteiger partial charge is 0.407 e. The van der Waals surface area contributed by atoms with Gasteiger partial charge < -0.3 is 14.8 Å². The monoisotopic (exact) mass is 428 g/mol. The molecule has 7 heteroatoms. The summed E-state index contributed by atoms with van der Waals surface area (Å²) in [5.41, 5.74) is 4.66. The third-order valence-corrected chi connectivity index (χ3v) is 5.29. The lowest BCUT2D eigenvalue weighted by Crippen LogP contribution is -2.26. The number of nitrogens with zero attached hydrogens (tertiary/aromatic N) is 1. The van der Waals surface area contributed by atoms with E-state index in [-0.39, 0.29) is 30.3 Å². The number of carbonyl (C=O) groups excluding carboxylic acids is 1. The minimum absolute atomic E-state index is 0.000141. The Morgan fingerprint density at radius 2 is 1.72 bits per heavy atom. The van der Waals surface area contributed by atoms with Crippen molar-refractivity contribution in [3.05, 3.63) is 93.5 Å². The van der Waals surface area contributed by atoms with Crippen LogP contribution in [0.3, 0.4) is 0 Å². The van der Waals surface area contributed by atoms with Crippen LogP contribution in [-0.2, 0) is 4.74 Å². The van der Waals surface area contributed by atoms with Gasteiger partial charge in [0.2, 0.25) is 0 Å². The van der Waals surface area contributed by atoms with Crippen molar-refractivity contribution in [1.29, 1.82) is 0 Å². The van der Waals surface area contributed by atoms with Crippen molar-refractivity contribution in [3.8, 4) is 28.7 Å². The molecule has 0 fully saturated rings. The van der Waals surface area contributed by atoms with Gasteiger partial charge in [-0.05, 0) is 34.4 Å². The normalized spacial score (nSPS) is 11.5. The molecule has 1 N–H and O–H groups in total. The number of benzene rings is 3. The van der Waals surface area contributed by atoms with Crippen LogP contribution < -0.4 is 10.1 Å². The molecule has 0 bridgehead atoms. The van der Waals surface area contributed by atoms with Crippen LogP contribution >= 0.6 is 0 Å². The fourth-order valence-corrected chi connectivity index (χ4v) is 3.80. The highest BCUT2D eigenvalue weighted by Gasteiger charge is 2.28. The van der Waals surface area contributed by atoms with E-state index in [0.717, 1.165) is 22.3 Å². The Balaban J connectivity index is 1.36. The standard InChI is InChI=1S/C25H20N2O5/c1-31-18-13-12-17(24(15-18)27(29)30)7-6-14-26-25(28)32-16-23-21-10-4-2-8-19(21)20-9-3-5-11-22(20)23/h2-5,8-13,15,23H,14,16H2,1H3,(H,26,28). The number of carbonyl (C=O) groups is 1. The van der Waals surface area contributed by atoms with Crippen molar-refractivity contribution >= 4 is 11.8 Å². The largest absolute Gasteiger partial charge is 0.497 e. The van der Waals surface area contributed by atoms with Crippen LogP contribution in [0.1, 0.15) is 22.6 Å². The minimum atomic E-state index is -0.592. The van der Waals surface area contributed by atoms with Gasteiger partial charge >= 0.3 is 6.09 Å². The molecule has 4 rings (SSSR count). The molecular formula is C25H20N2O5. The molecule has 0 saturated carbocycles. The molecule has 0 unspecified atom stereocenters. The van der Waals surface area contributed by atoms with Gasteiger partial charge in [0.15, 0.2) is 0 Å². The van der Waals surface area contributed by atoms with Crippen molar-refractivity contribution in [2.45, 2.75) is 5.92 Å². The Kier molecular flexibility index (Phi) is 6.04. The van der Waals surface area contributed by atoms with Crippen molar-refractivity contribution in [2.75, 3.05) is 20.3 Å². The van der Waals surface area contributed by atoms with E-state index < -0.39 is 11.0 Å². The number of hydrogen-bond donors (Lipinski definition) is 1. The van der Waals surface area contributed by atoms with Crippen molar-refractivity contribution < 1.29 is 19.2 Å². The summed E-state index contributed by atoms with van der Waals surface area (Å²) in [5.74, 6) is 5.77. The number of methoxy groups -OCH3 is 1. The van der Waals surface area contributed by atoms with Gasteiger partial charge in [-0.25, -0.2) is 4.79 Å². The number of alkyl carbamates (subject to hydrolysis) is 1. The van der Waals surface area contributed by atoms with Gasteiger partial charge in [0.25, 0.3) is 5.69 Å². The van der Waals surface area contributed by atoms with E-state index in [1.807, 2.05) is 24.3 Å². The lowest BCUT2D eigenvalue weighted by atomic mass is 9.98. The zero-order valence-corrected chi connectivity index (χ0v) is 17.3. The number of nitrogens with one attached hydrogen (secondary N) is 1. The first kappa shape index (κ1) is 20.9. The summed E-state index contributed by atoms with van der Waals surface area (Å²) >= 11 is 0. The molecule has 0 heterocycles. The van der Waals surface area contributed by atoms with Crippen LogP contribution in [0.4, 0.5) is 10.5 Å². The zero-order chi connectivity index (χ0) is 22.5. The fraction of sp³-hybridized carbons (Fsp3) is 0.160. The average Bonchev–Trinajstić information content (AvgIpc) is 3.14. The van der Waals surface area contributed by atoms with Gasteiger partial charge in [-0.2, -0.15) is 0 Å². The van der Waals surface area contributed by atoms with Gasteiger partial charge in [-0.1, -0.05) is 60.4 Å². The molecule has 7 nitrogen and oxygen atoms in total. The molecule has 1 amide bonds. The maximum Gasteiger partial charge on any atom is 0.407 e. The molecule has 0 atom stereocenters. The van der Waals surface area contributed by atoms with E-state index >= 15 is 0 Å². The second-order valence-electron chi connectivity index (χ2n) is 7.12. The predicted molar refractivity (Wildman–Crippen MR) is 120 cm³/mol. The van der Waals surface area contributed by atoms with Gasteiger partial charge in [-0.15, -0.1) is 0 Å². The van der Waals surface area contributed by atoms with Gasteiger partial charge in [0, 0.05) is 5.92 Å². The first-order chi connectivity index (χ1) is 15.6. The van der Waals surface area contributed by atoms with Crippen molar-refractivity contribution in [2.24, 2.45) is 0 Å². The highest BCUT2D eigenvalue weighted by molar-refractivity contribution is 5.79. The predicted octanol–water partition coefficient (Wildman–Crippen LogP) is 4.49. The molecule has 0 radical (unpaired) electrons. The van der Waals surface area contributed by atoms with Crippen LogP contribution in [0.2, 0.25) is 0 Å². The fourth-order valence-electron chi connectivity index (χ4n) is 3.80. The summed E-state index contributed by atoms with van der Waals surface area (Å²) in [4.78, 5) is 22.9. The molecule has 32 heavy (non-hydrogen) atoms. The van der Waals surface area contributed by atoms with Crippen LogP contribution in [0.25, 0.3) is 11.1 Å². The van der Waals surface area contributed by atoms with E-state index in [4.69, 9.17) is 9.47 Å². The minimum Gasteiger partial charge on any atom is -0.497 e. The first-order valence-corrected chi connectivity index (χ1v) is 9.98. The zero-order valence-electron chi connectivity index (χ0n) is 17.3. The molecule has 1 aliphatic carbocycles. The van der Waals surface area contributed by atoms with E-state index in [2.05, 4.69) is 41.4 Å². The number of nitro benzene ring substituents is 1. The first-order valence-electron chi connectivity index (χ1n) is 9.98. The van der Waals surface area contributed by atoms with Crippen LogP contribution in [-0.4, -0.2) is 31.3 Å². The van der Waals surface area contributed by atoms with Gasteiger partial charge in [0.05, 0.1) is 24.6 Å². The highest BCUT2D eigenvalue weighted by Crippen LogP contribution is 2.44. The molecule has 160 valence electrons. The van der Waals surface area contributed by atoms with Gasteiger partial charge in [-0.3, -0.25) is 10.1 Å². The maximum atomic E-state index is 12.2. The lowest BCUT2D eigenvalue weighted by Gasteiger charge is -2.14. The lowest BCUT2D eigenvalue weighted by molar-refractivity contribution is -0.385. The molecule has 1 aliphatic rings. The molecule has 0 aliphatic heterocycles. The van der Waals surface area contributed by atoms with Crippen LogP contribution in [0.5, 0.6) is 5.75 Å². The maximum absolute atomic E-state index is 12.2. The molecule has 0 aromatic heterocycles. The number of ether oxygens (including phenoxy) is 2. The highest BCUT2D eigenvalue weighted by atomic mass is 16.6. The third-order valence-electron chi connectivity index (χ3n) is 5.29. The summed E-state index contributed by atoms with van der Waals surface area (Å²) in [5, 5.41) is 13.8. The average molecular weight is 428 g/mol. The third kappa shape index (κ3) is 4.25. The van der Waals surface area contributed by atoms with E-state index in [0.29, 0.717) is 5.75 Å². The second kappa shape index (κ2) is 9.23. The number of fused-ring (bicyclic) bond motifs is 3. The van der Waals surface area contributed by atoms with E-state index in [9.17, 15) is 14.9 Å². The number of amides is 1. The van der Waals surface area contributed by atoms with E-state index in [1.54, 1.807) is 6.07 Å². The summed E-state index contributed by atoms with van der Waals surface area (Å²) in [7, 11) is 1.43. The summed E-state index contributed by atoms with van der Waals surface area (Å²) < 4.78 is 10.4. The molecule has 0 spiro atoms. The van der Waals surface area contributed by atoms with E-state index in [1.165, 1.54) is 19.2 Å². The molecular weight excluding hydrogens is 408 g/mol. The Morgan fingerprint density at radius 3 is 2.34 bits per heavy atom. The second-order valence-corrected chi connectivity index (χ2v) is 7.12. The summed E-state index contributed by atoms with van der Waals surface area (Å²) in [6.45, 7) is 0.205. The van der Waals surface area contributed by atoms with Crippen LogP contribution in [0, 0.1) is 22.0 Å². The quantitative estimate of drug-likeness (QED) is 0.367. The summed E-state index contributed by atoms with van der Waals surface area (Å²) in [6, 6.07) is 20.6. The van der Waals surface area contributed by atoms with Crippen molar-refractivity contribution in [3.63, 3.8) is 0 Å². The topological polar surface area (TPSA) is 90.7 Å². The summed E-state index contributed by atoms with van der Waals surface area (Å²) in [6.07, 6.45) is -0.592. The Hall–Kier alpha value is -4.31. The number of rotatable bonds is 5. The van der Waals surface area contributed by atoms with Gasteiger partial charge in [0.1, 0.15) is 17.9 Å². The molecule has 3 aromatic rings. The molecule has 0 saturated heterocycles. The van der Waals surface area contributed by atoms with Crippen molar-refractivity contribution in [1.82, 2.24) is 5.32 Å². The Morgan fingerprint density at radius 1 is 1.06 bits per heavy atom. The molecule has 3 aromatic carbocycles. The SMILES string of the molecule is COc1ccc(C#CCNC(=O)OCC2c3ccccc3-c3ccccc32)c([N+](=O)[O-])c1. The number of hydrogen-bond acceptors (Lipinski definition) is 5. The Labute approximate surface area is 185 Å².